The Bertz CT molecular complexity index is 740. The second-order valence-corrected chi connectivity index (χ2v) is 8.18. The molecule has 1 aromatic carbocycles. The summed E-state index contributed by atoms with van der Waals surface area (Å²) in [6, 6.07) is 3.97. The number of hydrogen-bond acceptors (Lipinski definition) is 8. The zero-order valence-electron chi connectivity index (χ0n) is 14.4. The molecule has 0 aromatic heterocycles. The Kier molecular flexibility index (Phi) is 7.03. The standard InChI is InChI=1S/C17H21INO8/c1-19-16(24)17(25)7-12(22)15(18-26)13(8-17)27-14(23)5-3-9-2-4-10(20)11(21)6-9/h2-6,12-13,15,20-22,25-26H,7-8H2,1H3,(H,19,24)/q-1/b5-3+. The van der Waals surface area contributed by atoms with E-state index < -0.39 is 55.2 Å². The van der Waals surface area contributed by atoms with E-state index in [0.717, 1.165) is 6.08 Å². The number of carbonyl (C=O) groups excluding carboxylic acids is 2. The molecule has 27 heavy (non-hydrogen) atoms. The van der Waals surface area contributed by atoms with E-state index in [1.54, 1.807) is 0 Å². The topological polar surface area (TPSA) is 157 Å². The summed E-state index contributed by atoms with van der Waals surface area (Å²) in [5, 5.41) is 41.6. The van der Waals surface area contributed by atoms with Crippen molar-refractivity contribution in [1.82, 2.24) is 5.32 Å². The Morgan fingerprint density at radius 1 is 1.30 bits per heavy atom. The van der Waals surface area contributed by atoms with Crippen LogP contribution in [0.25, 0.3) is 6.08 Å². The number of hydrogen-bond donors (Lipinski definition) is 6. The van der Waals surface area contributed by atoms with Crippen LogP contribution in [0, 0.1) is 0 Å². The van der Waals surface area contributed by atoms with Crippen molar-refractivity contribution in [3.63, 3.8) is 0 Å². The van der Waals surface area contributed by atoms with Crippen LogP contribution in [-0.4, -0.2) is 64.5 Å². The first-order valence-corrected chi connectivity index (χ1v) is 10.2. The number of esters is 1. The molecular formula is C17H21INO8-. The Morgan fingerprint density at radius 3 is 2.59 bits per heavy atom. The summed E-state index contributed by atoms with van der Waals surface area (Å²) in [5.41, 5.74) is -1.47. The van der Waals surface area contributed by atoms with E-state index in [2.05, 4.69) is 5.32 Å². The summed E-state index contributed by atoms with van der Waals surface area (Å²) >= 11 is -1.51. The second-order valence-electron chi connectivity index (χ2n) is 6.19. The molecule has 0 saturated heterocycles. The van der Waals surface area contributed by atoms with Crippen molar-refractivity contribution >= 4 is 18.0 Å². The number of alkyl halides is 1. The molecule has 0 spiro atoms. The molecule has 4 atom stereocenters. The van der Waals surface area contributed by atoms with Gasteiger partial charge in [-0.05, 0) is 0 Å². The van der Waals surface area contributed by atoms with Crippen molar-refractivity contribution in [2.24, 2.45) is 0 Å². The summed E-state index contributed by atoms with van der Waals surface area (Å²) in [5.74, 6) is -2.15. The number of benzene rings is 1. The molecule has 0 aliphatic heterocycles. The molecule has 0 radical (unpaired) electrons. The Labute approximate surface area is 166 Å². The predicted molar refractivity (Wildman–Crippen MR) is 88.9 cm³/mol. The van der Waals surface area contributed by atoms with Gasteiger partial charge in [-0.15, -0.1) is 0 Å². The summed E-state index contributed by atoms with van der Waals surface area (Å²) < 4.78 is 14.1. The number of likely N-dealkylation sites (N-methyl/N-ethyl adjacent to an activating group) is 1. The normalized spacial score (nSPS) is 28.2. The number of phenols is 2. The Morgan fingerprint density at radius 2 is 2.00 bits per heavy atom. The molecule has 1 aliphatic rings. The van der Waals surface area contributed by atoms with Gasteiger partial charge in [-0.1, -0.05) is 0 Å². The van der Waals surface area contributed by atoms with Crippen LogP contribution in [0.2, 0.25) is 0 Å². The van der Waals surface area contributed by atoms with Crippen molar-refractivity contribution < 1.29 is 59.8 Å². The molecule has 150 valence electrons. The fourth-order valence-corrected chi connectivity index (χ4v) is 4.27. The zero-order valence-corrected chi connectivity index (χ0v) is 16.5. The predicted octanol–water partition coefficient (Wildman–Crippen LogP) is -3.98. The average Bonchev–Trinajstić information content (AvgIpc) is 2.61. The number of rotatable bonds is 5. The van der Waals surface area contributed by atoms with Gasteiger partial charge < -0.3 is 0 Å². The number of nitrogens with one attached hydrogen (secondary N) is 1. The van der Waals surface area contributed by atoms with Crippen molar-refractivity contribution in [3.05, 3.63) is 29.8 Å². The van der Waals surface area contributed by atoms with Crippen LogP contribution >= 0.6 is 0 Å². The van der Waals surface area contributed by atoms with Gasteiger partial charge in [-0.2, -0.15) is 0 Å². The number of aromatic hydroxyl groups is 2. The van der Waals surface area contributed by atoms with E-state index in [1.807, 2.05) is 0 Å². The molecule has 1 aliphatic carbocycles. The van der Waals surface area contributed by atoms with Crippen LogP contribution in [0.1, 0.15) is 18.4 Å². The number of carbonyl (C=O) groups is 2. The molecule has 9 nitrogen and oxygen atoms in total. The van der Waals surface area contributed by atoms with Gasteiger partial charge in [0.1, 0.15) is 0 Å². The van der Waals surface area contributed by atoms with Gasteiger partial charge in [0.05, 0.1) is 0 Å². The molecular weight excluding hydrogens is 473 g/mol. The molecule has 0 heterocycles. The van der Waals surface area contributed by atoms with Crippen molar-refractivity contribution in [2.75, 3.05) is 7.05 Å². The first-order valence-electron chi connectivity index (χ1n) is 8.00. The third-order valence-electron chi connectivity index (χ3n) is 4.25. The van der Waals surface area contributed by atoms with Gasteiger partial charge in [0.2, 0.25) is 0 Å². The van der Waals surface area contributed by atoms with E-state index >= 15 is 0 Å². The fraction of sp³-hybridized carbons (Fsp3) is 0.412. The molecule has 4 unspecified atom stereocenters. The number of amides is 1. The van der Waals surface area contributed by atoms with Gasteiger partial charge in [-0.3, -0.25) is 0 Å². The molecule has 1 fully saturated rings. The average molecular weight is 494 g/mol. The Balaban J connectivity index is 2.11. The van der Waals surface area contributed by atoms with E-state index in [1.165, 1.54) is 31.3 Å². The number of ether oxygens (including phenoxy) is 1. The zero-order chi connectivity index (χ0) is 20.2. The third kappa shape index (κ3) is 5.09. The number of aliphatic hydroxyl groups is 2. The van der Waals surface area contributed by atoms with Crippen LogP contribution in [0.3, 0.4) is 0 Å². The van der Waals surface area contributed by atoms with Gasteiger partial charge >= 0.3 is 166 Å². The first kappa shape index (κ1) is 21.4. The summed E-state index contributed by atoms with van der Waals surface area (Å²) in [6.07, 6.45) is -0.302. The van der Waals surface area contributed by atoms with Crippen molar-refractivity contribution in [2.45, 2.75) is 34.6 Å². The SMILES string of the molecule is CNC(=O)C1(O)CC(O)C([I-]O)C(OC(=O)/C=C/c2ccc(O)c(O)c2)C1. The van der Waals surface area contributed by atoms with E-state index in [0.29, 0.717) is 5.56 Å². The molecule has 10 heteroatoms. The van der Waals surface area contributed by atoms with Crippen molar-refractivity contribution in [1.29, 1.82) is 0 Å². The number of phenolic OH excluding ortho intramolecular Hbond substituents is 2. The Hall–Kier alpha value is -1.89. The third-order valence-corrected chi connectivity index (χ3v) is 6.53. The van der Waals surface area contributed by atoms with E-state index in [4.69, 9.17) is 4.74 Å². The summed E-state index contributed by atoms with van der Waals surface area (Å²) in [7, 11) is 1.34. The summed E-state index contributed by atoms with van der Waals surface area (Å²) in [4.78, 5) is 24.0. The fourth-order valence-electron chi connectivity index (χ4n) is 2.88. The van der Waals surface area contributed by atoms with Gasteiger partial charge in [0.25, 0.3) is 0 Å². The molecule has 1 aromatic rings. The molecule has 1 saturated carbocycles. The van der Waals surface area contributed by atoms with Crippen molar-refractivity contribution in [3.8, 4) is 11.5 Å². The monoisotopic (exact) mass is 494 g/mol. The maximum absolute atomic E-state index is 12.1. The van der Waals surface area contributed by atoms with Crippen LogP contribution in [-0.2, 0) is 14.3 Å². The molecule has 1 amide bonds. The van der Waals surface area contributed by atoms with Crippen LogP contribution < -0.4 is 26.9 Å². The maximum atomic E-state index is 12.1. The van der Waals surface area contributed by atoms with Crippen LogP contribution in [0.15, 0.2) is 24.3 Å². The van der Waals surface area contributed by atoms with Crippen LogP contribution in [0.4, 0.5) is 0 Å². The number of aliphatic hydroxyl groups excluding tert-OH is 1. The summed E-state index contributed by atoms with van der Waals surface area (Å²) in [6.45, 7) is 0. The minimum atomic E-state index is -1.90. The quantitative estimate of drug-likeness (QED) is 0.0796. The van der Waals surface area contributed by atoms with E-state index in [9.17, 15) is 33.5 Å². The molecule has 2 rings (SSSR count). The first-order chi connectivity index (χ1) is 12.7. The van der Waals surface area contributed by atoms with Gasteiger partial charge in [0, 0.05) is 0 Å². The van der Waals surface area contributed by atoms with Crippen LogP contribution in [0.5, 0.6) is 11.5 Å². The second kappa shape index (κ2) is 8.87. The number of halogens is 1. The molecule has 6 N–H and O–H groups in total. The van der Waals surface area contributed by atoms with E-state index in [-0.39, 0.29) is 24.3 Å². The van der Waals surface area contributed by atoms with Gasteiger partial charge in [-0.25, -0.2) is 0 Å². The van der Waals surface area contributed by atoms with Gasteiger partial charge in [0.15, 0.2) is 0 Å². The molecule has 0 bridgehead atoms. The minimum absolute atomic E-state index is 0.242.